The maximum atomic E-state index is 12.8. The quantitative estimate of drug-likeness (QED) is 0.639. The van der Waals surface area contributed by atoms with Crippen LogP contribution in [0.1, 0.15) is 41.1 Å². The second-order valence-electron chi connectivity index (χ2n) is 7.59. The van der Waals surface area contributed by atoms with Crippen molar-refractivity contribution < 1.29 is 18.4 Å². The number of hydrogen-bond acceptors (Lipinski definition) is 6. The van der Waals surface area contributed by atoms with Gasteiger partial charge in [0.05, 0.1) is 24.5 Å². The van der Waals surface area contributed by atoms with E-state index in [4.69, 9.17) is 4.74 Å². The largest absolute Gasteiger partial charge is 0.373 e. The van der Waals surface area contributed by atoms with E-state index in [2.05, 4.69) is 42.5 Å². The maximum Gasteiger partial charge on any atom is 0.216 e. The number of aromatic nitrogens is 1. The molecule has 0 unspecified atom stereocenters. The Labute approximate surface area is 172 Å². The molecule has 0 amide bonds. The number of pyridine rings is 1. The third-order valence-corrected chi connectivity index (χ3v) is 7.30. The van der Waals surface area contributed by atoms with E-state index in [0.29, 0.717) is 38.1 Å². The highest BCUT2D eigenvalue weighted by molar-refractivity contribution is 7.89. The minimum absolute atomic E-state index is 0.0476. The number of hydrogen-bond donors (Lipinski definition) is 2. The fourth-order valence-electron chi connectivity index (χ4n) is 3.55. The van der Waals surface area contributed by atoms with E-state index in [1.165, 1.54) is 21.0 Å². The van der Waals surface area contributed by atoms with Crippen molar-refractivity contribution in [2.75, 3.05) is 18.8 Å². The average Bonchev–Trinajstić information content (AvgIpc) is 2.73. The third kappa shape index (κ3) is 5.83. The lowest BCUT2D eigenvalue weighted by Crippen LogP contribution is -2.43. The summed E-state index contributed by atoms with van der Waals surface area (Å²) in [6.07, 6.45) is 4.53. The maximum absolute atomic E-state index is 12.8. The van der Waals surface area contributed by atoms with E-state index in [1.54, 1.807) is 24.5 Å². The van der Waals surface area contributed by atoms with E-state index in [0.717, 1.165) is 0 Å². The van der Waals surface area contributed by atoms with Crippen molar-refractivity contribution in [1.29, 1.82) is 0 Å². The molecule has 29 heavy (non-hydrogen) atoms. The third-order valence-electron chi connectivity index (χ3n) is 5.39. The first-order valence-corrected chi connectivity index (χ1v) is 11.4. The van der Waals surface area contributed by atoms with Gasteiger partial charge >= 0.3 is 0 Å². The number of aryl methyl sites for hydroxylation is 2. The van der Waals surface area contributed by atoms with E-state index in [1.807, 2.05) is 0 Å². The lowest BCUT2D eigenvalue weighted by atomic mass is 10.1. The van der Waals surface area contributed by atoms with E-state index < -0.39 is 16.1 Å². The standard InChI is InChI=1S/C21H29N3O4S/c1-16-5-6-17(2)19(12-16)14-28-20-7-10-24(11-8-20)29(26,27)15-21(23-25)18-4-3-9-22-13-18/h3-6,9,12-13,20-21,23,25H,7-8,10-11,14-15H2,1-2H3/t21-/m0/s1. The van der Waals surface area contributed by atoms with Crippen molar-refractivity contribution in [1.82, 2.24) is 14.8 Å². The second-order valence-corrected chi connectivity index (χ2v) is 9.60. The molecule has 2 heterocycles. The van der Waals surface area contributed by atoms with E-state index >= 15 is 0 Å². The first-order chi connectivity index (χ1) is 13.9. The Morgan fingerprint density at radius 3 is 2.69 bits per heavy atom. The first-order valence-electron chi connectivity index (χ1n) is 9.84. The highest BCUT2D eigenvalue weighted by Gasteiger charge is 2.31. The van der Waals surface area contributed by atoms with Crippen LogP contribution in [0.2, 0.25) is 0 Å². The van der Waals surface area contributed by atoms with Gasteiger partial charge in [-0.3, -0.25) is 4.98 Å². The van der Waals surface area contributed by atoms with Crippen LogP contribution in [0.3, 0.4) is 0 Å². The summed E-state index contributed by atoms with van der Waals surface area (Å²) in [4.78, 5) is 3.99. The molecule has 8 heteroatoms. The van der Waals surface area contributed by atoms with Gasteiger partial charge in [0.15, 0.2) is 0 Å². The Balaban J connectivity index is 1.53. The summed E-state index contributed by atoms with van der Waals surface area (Å²) in [5.41, 5.74) is 6.31. The molecule has 1 aliphatic heterocycles. The number of nitrogens with one attached hydrogen (secondary N) is 1. The zero-order chi connectivity index (χ0) is 20.9. The molecule has 1 atom stereocenters. The number of rotatable bonds is 8. The van der Waals surface area contributed by atoms with E-state index in [9.17, 15) is 13.6 Å². The molecular weight excluding hydrogens is 390 g/mol. The van der Waals surface area contributed by atoms with Crippen LogP contribution < -0.4 is 5.48 Å². The molecule has 0 radical (unpaired) electrons. The smallest absolute Gasteiger partial charge is 0.216 e. The van der Waals surface area contributed by atoms with Gasteiger partial charge in [-0.15, -0.1) is 0 Å². The fraction of sp³-hybridized carbons (Fsp3) is 0.476. The summed E-state index contributed by atoms with van der Waals surface area (Å²) in [7, 11) is -3.52. The van der Waals surface area contributed by atoms with Gasteiger partial charge in [-0.05, 0) is 49.4 Å². The van der Waals surface area contributed by atoms with Crippen LogP contribution in [0.15, 0.2) is 42.7 Å². The van der Waals surface area contributed by atoms with Gasteiger partial charge in [0, 0.05) is 25.5 Å². The predicted molar refractivity (Wildman–Crippen MR) is 111 cm³/mol. The van der Waals surface area contributed by atoms with Crippen LogP contribution >= 0.6 is 0 Å². The Morgan fingerprint density at radius 2 is 2.03 bits per heavy atom. The normalized spacial score (nSPS) is 17.3. The minimum Gasteiger partial charge on any atom is -0.373 e. The number of benzene rings is 1. The molecule has 1 saturated heterocycles. The molecular formula is C21H29N3O4S. The van der Waals surface area contributed by atoms with Gasteiger partial charge in [0.2, 0.25) is 10.0 Å². The van der Waals surface area contributed by atoms with Crippen molar-refractivity contribution in [3.8, 4) is 0 Å². The van der Waals surface area contributed by atoms with Crippen molar-refractivity contribution in [3.63, 3.8) is 0 Å². The zero-order valence-electron chi connectivity index (χ0n) is 16.9. The van der Waals surface area contributed by atoms with Crippen LogP contribution in [0.5, 0.6) is 0 Å². The molecule has 1 aromatic carbocycles. The van der Waals surface area contributed by atoms with Gasteiger partial charge in [-0.2, -0.15) is 5.48 Å². The minimum atomic E-state index is -3.52. The molecule has 2 N–H and O–H groups in total. The van der Waals surface area contributed by atoms with Crippen molar-refractivity contribution in [2.24, 2.45) is 0 Å². The lowest BCUT2D eigenvalue weighted by Gasteiger charge is -2.32. The monoisotopic (exact) mass is 419 g/mol. The summed E-state index contributed by atoms with van der Waals surface area (Å²) < 4.78 is 33.2. The van der Waals surface area contributed by atoms with E-state index in [-0.39, 0.29) is 11.9 Å². The van der Waals surface area contributed by atoms with Crippen LogP contribution in [0.25, 0.3) is 0 Å². The molecule has 158 valence electrons. The Morgan fingerprint density at radius 1 is 1.28 bits per heavy atom. The second kappa shape index (κ2) is 9.77. The number of ether oxygens (including phenoxy) is 1. The van der Waals surface area contributed by atoms with Crippen LogP contribution in [-0.2, 0) is 21.4 Å². The van der Waals surface area contributed by atoms with Gasteiger partial charge in [-0.1, -0.05) is 29.8 Å². The summed E-state index contributed by atoms with van der Waals surface area (Å²) in [6, 6.07) is 9.05. The van der Waals surface area contributed by atoms with Crippen molar-refractivity contribution in [2.45, 2.75) is 45.4 Å². The van der Waals surface area contributed by atoms with Gasteiger partial charge in [0.1, 0.15) is 0 Å². The molecule has 0 bridgehead atoms. The number of piperidine rings is 1. The molecule has 0 saturated carbocycles. The molecule has 1 fully saturated rings. The number of hydroxylamine groups is 1. The highest BCUT2D eigenvalue weighted by atomic mass is 32.2. The molecule has 0 aliphatic carbocycles. The number of nitrogens with zero attached hydrogens (tertiary/aromatic N) is 2. The summed E-state index contributed by atoms with van der Waals surface area (Å²) in [5, 5.41) is 9.42. The first kappa shape index (κ1) is 21.9. The van der Waals surface area contributed by atoms with Crippen LogP contribution in [0, 0.1) is 13.8 Å². The summed E-state index contributed by atoms with van der Waals surface area (Å²) in [6.45, 7) is 5.52. The van der Waals surface area contributed by atoms with Gasteiger partial charge in [0.25, 0.3) is 0 Å². The topological polar surface area (TPSA) is 91.8 Å². The fourth-order valence-corrected chi connectivity index (χ4v) is 5.21. The van der Waals surface area contributed by atoms with Crippen molar-refractivity contribution in [3.05, 3.63) is 65.0 Å². The zero-order valence-corrected chi connectivity index (χ0v) is 17.7. The summed E-state index contributed by atoms with van der Waals surface area (Å²) >= 11 is 0. The lowest BCUT2D eigenvalue weighted by molar-refractivity contribution is 0.00988. The molecule has 2 aromatic rings. The molecule has 1 aromatic heterocycles. The number of sulfonamides is 1. The highest BCUT2D eigenvalue weighted by Crippen LogP contribution is 2.22. The molecule has 3 rings (SSSR count). The Hall–Kier alpha value is -1.84. The van der Waals surface area contributed by atoms with Crippen LogP contribution in [0.4, 0.5) is 0 Å². The van der Waals surface area contributed by atoms with Gasteiger partial charge in [-0.25, -0.2) is 12.7 Å². The van der Waals surface area contributed by atoms with Gasteiger partial charge < -0.3 is 9.94 Å². The predicted octanol–water partition coefficient (Wildman–Crippen LogP) is 2.73. The SMILES string of the molecule is Cc1ccc(C)c(COC2CCN(S(=O)(=O)C[C@H](NO)c3cccnc3)CC2)c1. The average molecular weight is 420 g/mol. The summed E-state index contributed by atoms with van der Waals surface area (Å²) in [5.74, 6) is -0.219. The Kier molecular flexibility index (Phi) is 7.37. The molecule has 0 spiro atoms. The molecule has 7 nitrogen and oxygen atoms in total. The van der Waals surface area contributed by atoms with Crippen molar-refractivity contribution >= 4 is 10.0 Å². The molecule has 1 aliphatic rings. The van der Waals surface area contributed by atoms with Crippen LogP contribution in [-0.4, -0.2) is 47.9 Å². The Bertz CT molecular complexity index is 897.